The summed E-state index contributed by atoms with van der Waals surface area (Å²) < 4.78 is 4.45. The third-order valence-corrected chi connectivity index (χ3v) is 1.97. The van der Waals surface area contributed by atoms with Gasteiger partial charge in [0.2, 0.25) is 5.91 Å². The zero-order valence-electron chi connectivity index (χ0n) is 9.08. The summed E-state index contributed by atoms with van der Waals surface area (Å²) in [5.74, 6) is -3.03. The predicted octanol–water partition coefficient (Wildman–Crippen LogP) is -1.30. The van der Waals surface area contributed by atoms with Crippen molar-refractivity contribution >= 4 is 17.8 Å². The normalized spacial score (nSPS) is 11.6. The van der Waals surface area contributed by atoms with E-state index >= 15 is 0 Å². The maximum atomic E-state index is 11.6. The number of nitrogens with one attached hydrogen (secondary N) is 1. The molecular formula is C10H10N2O6. The Hall–Kier alpha value is -2.64. The van der Waals surface area contributed by atoms with E-state index in [1.165, 1.54) is 6.07 Å². The Kier molecular flexibility index (Phi) is 4.19. The van der Waals surface area contributed by atoms with E-state index in [2.05, 4.69) is 9.73 Å². The topological polar surface area (TPSA) is 140 Å². The predicted molar refractivity (Wildman–Crippen MR) is 57.7 cm³/mol. The average molecular weight is 254 g/mol. The lowest BCUT2D eigenvalue weighted by Crippen LogP contribution is -2.43. The van der Waals surface area contributed by atoms with E-state index < -0.39 is 35.9 Å². The van der Waals surface area contributed by atoms with Gasteiger partial charge in [-0.15, -0.1) is 0 Å². The molecule has 4 N–H and O–H groups in total. The molecule has 0 saturated heterocycles. The molecule has 0 unspecified atom stereocenters. The van der Waals surface area contributed by atoms with Crippen molar-refractivity contribution in [1.29, 1.82) is 0 Å². The van der Waals surface area contributed by atoms with Crippen molar-refractivity contribution in [1.82, 2.24) is 5.32 Å². The number of carboxylic acid groups (broad SMARTS) is 1. The first-order valence-corrected chi connectivity index (χ1v) is 4.81. The maximum Gasteiger partial charge on any atom is 0.335 e. The fourth-order valence-corrected chi connectivity index (χ4v) is 1.13. The molecule has 1 rings (SSSR count). The number of carboxylic acids is 1. The second-order valence-corrected chi connectivity index (χ2v) is 3.38. The first-order valence-electron chi connectivity index (χ1n) is 4.81. The summed E-state index contributed by atoms with van der Waals surface area (Å²) in [7, 11) is 0. The molecule has 0 aliphatic rings. The first kappa shape index (κ1) is 13.4. The number of hydrogen-bond acceptors (Lipinski definition) is 5. The Morgan fingerprint density at radius 1 is 1.39 bits per heavy atom. The number of aliphatic carboxylic acids is 1. The van der Waals surface area contributed by atoms with Gasteiger partial charge in [-0.05, 0) is 6.07 Å². The monoisotopic (exact) mass is 254 g/mol. The van der Waals surface area contributed by atoms with Gasteiger partial charge in [0.05, 0.1) is 12.0 Å². The highest BCUT2D eigenvalue weighted by Crippen LogP contribution is 1.99. The minimum atomic E-state index is -1.43. The minimum Gasteiger partial charge on any atom is -0.480 e. The molecule has 1 heterocycles. The summed E-state index contributed by atoms with van der Waals surface area (Å²) in [5.41, 5.74) is 4.17. The lowest BCUT2D eigenvalue weighted by Gasteiger charge is -2.12. The third kappa shape index (κ3) is 3.74. The van der Waals surface area contributed by atoms with Crippen LogP contribution >= 0.6 is 0 Å². The quantitative estimate of drug-likeness (QED) is 0.596. The lowest BCUT2D eigenvalue weighted by atomic mass is 10.2. The molecule has 1 aromatic rings. The van der Waals surface area contributed by atoms with Crippen molar-refractivity contribution in [3.05, 3.63) is 34.4 Å². The smallest absolute Gasteiger partial charge is 0.335 e. The van der Waals surface area contributed by atoms with E-state index in [1.54, 1.807) is 0 Å². The van der Waals surface area contributed by atoms with Crippen LogP contribution in [0, 0.1) is 0 Å². The molecule has 0 aliphatic heterocycles. The van der Waals surface area contributed by atoms with Crippen LogP contribution in [0.3, 0.4) is 0 Å². The molecule has 0 spiro atoms. The zero-order chi connectivity index (χ0) is 13.7. The standard InChI is InChI=1S/C10H10N2O6/c11-7(13)3-6(10(16)17)12-9(15)5-1-2-8(14)18-4-5/h1-2,4,6H,3H2,(H2,11,13)(H,12,15)(H,16,17)/t6-/m0/s1. The fraction of sp³-hybridized carbons (Fsp3) is 0.200. The molecule has 0 aliphatic carbocycles. The summed E-state index contributed by atoms with van der Waals surface area (Å²) in [5, 5.41) is 10.8. The molecule has 8 nitrogen and oxygen atoms in total. The third-order valence-electron chi connectivity index (χ3n) is 1.97. The number of primary amides is 1. The molecule has 18 heavy (non-hydrogen) atoms. The molecular weight excluding hydrogens is 244 g/mol. The van der Waals surface area contributed by atoms with Crippen molar-refractivity contribution in [3.63, 3.8) is 0 Å². The summed E-state index contributed by atoms with van der Waals surface area (Å²) in [4.78, 5) is 43.6. The van der Waals surface area contributed by atoms with Gasteiger partial charge in [-0.25, -0.2) is 9.59 Å². The van der Waals surface area contributed by atoms with Gasteiger partial charge < -0.3 is 20.6 Å². The number of carbonyl (C=O) groups excluding carboxylic acids is 2. The van der Waals surface area contributed by atoms with Crippen molar-refractivity contribution in [3.8, 4) is 0 Å². The second-order valence-electron chi connectivity index (χ2n) is 3.38. The van der Waals surface area contributed by atoms with E-state index in [4.69, 9.17) is 10.8 Å². The number of hydrogen-bond donors (Lipinski definition) is 3. The van der Waals surface area contributed by atoms with Crippen LogP contribution in [-0.2, 0) is 9.59 Å². The van der Waals surface area contributed by atoms with E-state index in [0.29, 0.717) is 0 Å². The summed E-state index contributed by atoms with van der Waals surface area (Å²) >= 11 is 0. The summed E-state index contributed by atoms with van der Waals surface area (Å²) in [6.45, 7) is 0. The summed E-state index contributed by atoms with van der Waals surface area (Å²) in [6.07, 6.45) is 0.360. The number of amides is 2. The van der Waals surface area contributed by atoms with Crippen molar-refractivity contribution in [2.24, 2.45) is 5.73 Å². The molecule has 0 saturated carbocycles. The fourth-order valence-electron chi connectivity index (χ4n) is 1.13. The molecule has 0 fully saturated rings. The minimum absolute atomic E-state index is 0.0367. The Labute approximate surface area is 100 Å². The van der Waals surface area contributed by atoms with Gasteiger partial charge in [-0.2, -0.15) is 0 Å². The number of rotatable bonds is 5. The van der Waals surface area contributed by atoms with Crippen LogP contribution in [0.15, 0.2) is 27.6 Å². The van der Waals surface area contributed by atoms with Crippen LogP contribution in [-0.4, -0.2) is 28.9 Å². The molecule has 2 amide bonds. The van der Waals surface area contributed by atoms with Crippen molar-refractivity contribution in [2.45, 2.75) is 12.5 Å². The van der Waals surface area contributed by atoms with Gasteiger partial charge in [0.25, 0.3) is 5.91 Å². The first-order chi connectivity index (χ1) is 8.40. The Morgan fingerprint density at radius 2 is 2.06 bits per heavy atom. The van der Waals surface area contributed by atoms with Crippen LogP contribution in [0.4, 0.5) is 0 Å². The molecule has 96 valence electrons. The second kappa shape index (κ2) is 5.62. The SMILES string of the molecule is NC(=O)C[C@H](NC(=O)c1ccc(=O)oc1)C(=O)O. The zero-order valence-corrected chi connectivity index (χ0v) is 9.08. The van der Waals surface area contributed by atoms with Crippen LogP contribution < -0.4 is 16.7 Å². The van der Waals surface area contributed by atoms with Gasteiger partial charge in [0.15, 0.2) is 0 Å². The molecule has 0 radical (unpaired) electrons. The Morgan fingerprint density at radius 3 is 2.50 bits per heavy atom. The molecule has 0 bridgehead atoms. The van der Waals surface area contributed by atoms with E-state index in [9.17, 15) is 19.2 Å². The van der Waals surface area contributed by atoms with Crippen LogP contribution in [0.1, 0.15) is 16.8 Å². The molecule has 1 atom stereocenters. The van der Waals surface area contributed by atoms with Gasteiger partial charge >= 0.3 is 11.6 Å². The number of nitrogens with two attached hydrogens (primary N) is 1. The maximum absolute atomic E-state index is 11.6. The highest BCUT2D eigenvalue weighted by Gasteiger charge is 2.22. The Bertz CT molecular complexity index is 515. The lowest BCUT2D eigenvalue weighted by molar-refractivity contribution is -0.140. The van der Waals surface area contributed by atoms with Gasteiger partial charge in [-0.1, -0.05) is 0 Å². The largest absolute Gasteiger partial charge is 0.480 e. The van der Waals surface area contributed by atoms with Crippen molar-refractivity contribution < 1.29 is 23.9 Å². The Balaban J connectivity index is 2.78. The van der Waals surface area contributed by atoms with E-state index in [0.717, 1.165) is 12.3 Å². The molecule has 1 aromatic heterocycles. The van der Waals surface area contributed by atoms with Crippen LogP contribution in [0.5, 0.6) is 0 Å². The van der Waals surface area contributed by atoms with Gasteiger partial charge in [-0.3, -0.25) is 9.59 Å². The molecule has 8 heteroatoms. The van der Waals surface area contributed by atoms with Crippen molar-refractivity contribution in [2.75, 3.05) is 0 Å². The molecule has 0 aromatic carbocycles. The number of carbonyl (C=O) groups is 3. The van der Waals surface area contributed by atoms with Crippen LogP contribution in [0.25, 0.3) is 0 Å². The van der Waals surface area contributed by atoms with E-state index in [1.807, 2.05) is 0 Å². The highest BCUT2D eigenvalue weighted by molar-refractivity contribution is 5.97. The van der Waals surface area contributed by atoms with E-state index in [-0.39, 0.29) is 5.56 Å². The van der Waals surface area contributed by atoms with Gasteiger partial charge in [0, 0.05) is 6.07 Å². The summed E-state index contributed by atoms with van der Waals surface area (Å²) in [6, 6.07) is 0.755. The van der Waals surface area contributed by atoms with Gasteiger partial charge in [0.1, 0.15) is 12.3 Å². The van der Waals surface area contributed by atoms with Crippen LogP contribution in [0.2, 0.25) is 0 Å². The highest BCUT2D eigenvalue weighted by atomic mass is 16.4. The average Bonchev–Trinajstić information content (AvgIpc) is 2.28.